The fourth-order valence-electron chi connectivity index (χ4n) is 4.51. The van der Waals surface area contributed by atoms with E-state index in [1.165, 1.54) is 32.1 Å². The van der Waals surface area contributed by atoms with Crippen LogP contribution in [0.4, 0.5) is 0 Å². The van der Waals surface area contributed by atoms with Crippen LogP contribution in [0.3, 0.4) is 0 Å². The summed E-state index contributed by atoms with van der Waals surface area (Å²) in [7, 11) is 0. The molecule has 1 amide bonds. The third-order valence-electron chi connectivity index (χ3n) is 5.70. The molecule has 3 saturated carbocycles. The number of rotatable bonds is 3. The van der Waals surface area contributed by atoms with Crippen LogP contribution in [0.5, 0.6) is 0 Å². The summed E-state index contributed by atoms with van der Waals surface area (Å²) < 4.78 is 0. The van der Waals surface area contributed by atoms with Gasteiger partial charge in [-0.25, -0.2) is 0 Å². The van der Waals surface area contributed by atoms with Crippen LogP contribution in [0, 0.1) is 17.8 Å². The van der Waals surface area contributed by atoms with E-state index >= 15 is 0 Å². The first-order valence-corrected chi connectivity index (χ1v) is 8.16. The Morgan fingerprint density at radius 2 is 1.84 bits per heavy atom. The van der Waals surface area contributed by atoms with Gasteiger partial charge in [0.05, 0.1) is 5.60 Å². The zero-order chi connectivity index (χ0) is 13.3. The number of fused-ring (bicyclic) bond motifs is 2. The predicted octanol–water partition coefficient (Wildman–Crippen LogP) is 2.62. The molecule has 0 spiro atoms. The van der Waals surface area contributed by atoms with E-state index in [-0.39, 0.29) is 11.8 Å². The Bertz CT molecular complexity index is 334. The molecule has 3 aliphatic rings. The summed E-state index contributed by atoms with van der Waals surface area (Å²) in [6.45, 7) is 0.472. The van der Waals surface area contributed by atoms with Gasteiger partial charge in [0, 0.05) is 12.5 Å². The lowest BCUT2D eigenvalue weighted by molar-refractivity contribution is -0.128. The van der Waals surface area contributed by atoms with Crippen molar-refractivity contribution in [1.82, 2.24) is 5.32 Å². The highest BCUT2D eigenvalue weighted by Gasteiger charge is 2.43. The van der Waals surface area contributed by atoms with Crippen LogP contribution in [0.15, 0.2) is 0 Å². The number of hydrogen-bond acceptors (Lipinski definition) is 2. The van der Waals surface area contributed by atoms with Gasteiger partial charge < -0.3 is 10.4 Å². The summed E-state index contributed by atoms with van der Waals surface area (Å²) >= 11 is 0. The average molecular weight is 265 g/mol. The molecular weight excluding hydrogens is 238 g/mol. The van der Waals surface area contributed by atoms with Gasteiger partial charge in [0.2, 0.25) is 5.91 Å². The van der Waals surface area contributed by atoms with Gasteiger partial charge in [-0.1, -0.05) is 32.1 Å². The summed E-state index contributed by atoms with van der Waals surface area (Å²) in [6.07, 6.45) is 11.3. The molecule has 2 N–H and O–H groups in total. The fraction of sp³-hybridized carbons (Fsp3) is 0.938. The molecule has 0 radical (unpaired) electrons. The van der Waals surface area contributed by atoms with Crippen LogP contribution in [-0.2, 0) is 4.79 Å². The topological polar surface area (TPSA) is 49.3 Å². The van der Waals surface area contributed by atoms with Crippen molar-refractivity contribution >= 4 is 5.91 Å². The van der Waals surface area contributed by atoms with E-state index in [2.05, 4.69) is 5.32 Å². The number of hydrogen-bond donors (Lipinski definition) is 2. The molecule has 0 aliphatic heterocycles. The minimum absolute atomic E-state index is 0.213. The second kappa shape index (κ2) is 5.43. The summed E-state index contributed by atoms with van der Waals surface area (Å²) in [5.74, 6) is 1.90. The lowest BCUT2D eigenvalue weighted by atomic mass is 9.87. The molecule has 0 aromatic carbocycles. The monoisotopic (exact) mass is 265 g/mol. The number of amides is 1. The van der Waals surface area contributed by atoms with Crippen molar-refractivity contribution in [2.75, 3.05) is 6.54 Å². The maximum absolute atomic E-state index is 12.3. The molecule has 3 rings (SSSR count). The molecule has 3 aliphatic carbocycles. The van der Waals surface area contributed by atoms with Gasteiger partial charge in [-0.15, -0.1) is 0 Å². The van der Waals surface area contributed by atoms with Crippen LogP contribution >= 0.6 is 0 Å². The Kier molecular flexibility index (Phi) is 3.84. The second-order valence-electron chi connectivity index (χ2n) is 7.14. The third-order valence-corrected chi connectivity index (χ3v) is 5.70. The lowest BCUT2D eigenvalue weighted by Gasteiger charge is -2.28. The minimum atomic E-state index is -0.635. The van der Waals surface area contributed by atoms with E-state index in [1.54, 1.807) is 0 Å². The highest BCUT2D eigenvalue weighted by Crippen LogP contribution is 2.48. The Labute approximate surface area is 116 Å². The van der Waals surface area contributed by atoms with Crippen molar-refractivity contribution in [2.24, 2.45) is 17.8 Å². The average Bonchev–Trinajstić information content (AvgIpc) is 2.97. The lowest BCUT2D eigenvalue weighted by Crippen LogP contribution is -2.45. The second-order valence-corrected chi connectivity index (χ2v) is 7.14. The molecule has 0 aromatic heterocycles. The molecule has 3 fully saturated rings. The molecular formula is C16H27NO2. The van der Waals surface area contributed by atoms with E-state index in [4.69, 9.17) is 0 Å². The van der Waals surface area contributed by atoms with Crippen LogP contribution in [-0.4, -0.2) is 23.2 Å². The molecule has 0 aromatic rings. The van der Waals surface area contributed by atoms with Crippen molar-refractivity contribution in [3.63, 3.8) is 0 Å². The highest BCUT2D eigenvalue weighted by atomic mass is 16.3. The van der Waals surface area contributed by atoms with E-state index in [9.17, 15) is 9.90 Å². The molecule has 3 unspecified atom stereocenters. The fourth-order valence-corrected chi connectivity index (χ4v) is 4.51. The number of carbonyl (C=O) groups is 1. The standard InChI is InChI=1S/C16H27NO2/c18-15(14-10-12-5-6-13(14)9-12)17-11-16(19)7-3-1-2-4-8-16/h12-14,19H,1-11H2,(H,17,18). The molecule has 108 valence electrons. The Hall–Kier alpha value is -0.570. The SMILES string of the molecule is O=C(NCC1(O)CCCCCC1)C1CC2CCC1C2. The summed E-state index contributed by atoms with van der Waals surface area (Å²) in [5, 5.41) is 13.6. The summed E-state index contributed by atoms with van der Waals surface area (Å²) in [6, 6.07) is 0. The minimum Gasteiger partial charge on any atom is -0.388 e. The van der Waals surface area contributed by atoms with Gasteiger partial charge in [0.15, 0.2) is 0 Å². The molecule has 3 heteroatoms. The van der Waals surface area contributed by atoms with Crippen molar-refractivity contribution in [3.05, 3.63) is 0 Å². The maximum Gasteiger partial charge on any atom is 0.223 e. The van der Waals surface area contributed by atoms with Gasteiger partial charge >= 0.3 is 0 Å². The van der Waals surface area contributed by atoms with Crippen LogP contribution in [0.2, 0.25) is 0 Å². The van der Waals surface area contributed by atoms with Crippen molar-refractivity contribution in [1.29, 1.82) is 0 Å². The van der Waals surface area contributed by atoms with Crippen molar-refractivity contribution in [3.8, 4) is 0 Å². The largest absolute Gasteiger partial charge is 0.388 e. The molecule has 19 heavy (non-hydrogen) atoms. The molecule has 0 saturated heterocycles. The van der Waals surface area contributed by atoms with E-state index in [1.807, 2.05) is 0 Å². The van der Waals surface area contributed by atoms with Gasteiger partial charge in [-0.05, 0) is 43.9 Å². The van der Waals surface area contributed by atoms with Gasteiger partial charge in [-0.3, -0.25) is 4.79 Å². The molecule has 3 atom stereocenters. The molecule has 0 heterocycles. The van der Waals surface area contributed by atoms with Gasteiger partial charge in [0.25, 0.3) is 0 Å². The van der Waals surface area contributed by atoms with Crippen LogP contribution in [0.25, 0.3) is 0 Å². The molecule has 2 bridgehead atoms. The van der Waals surface area contributed by atoms with E-state index in [0.29, 0.717) is 12.5 Å². The normalized spacial score (nSPS) is 37.0. The van der Waals surface area contributed by atoms with Crippen LogP contribution in [0.1, 0.15) is 64.2 Å². The first-order chi connectivity index (χ1) is 9.16. The molecule has 3 nitrogen and oxygen atoms in total. The number of carbonyl (C=O) groups excluding carboxylic acids is 1. The van der Waals surface area contributed by atoms with Gasteiger partial charge in [0.1, 0.15) is 0 Å². The number of nitrogens with one attached hydrogen (secondary N) is 1. The predicted molar refractivity (Wildman–Crippen MR) is 74.6 cm³/mol. The quantitative estimate of drug-likeness (QED) is 0.771. The van der Waals surface area contributed by atoms with E-state index in [0.717, 1.165) is 38.0 Å². The zero-order valence-corrected chi connectivity index (χ0v) is 11.9. The van der Waals surface area contributed by atoms with E-state index < -0.39 is 5.60 Å². The zero-order valence-electron chi connectivity index (χ0n) is 11.9. The van der Waals surface area contributed by atoms with Crippen molar-refractivity contribution < 1.29 is 9.90 Å². The Morgan fingerprint density at radius 1 is 1.11 bits per heavy atom. The smallest absolute Gasteiger partial charge is 0.223 e. The highest BCUT2D eigenvalue weighted by molar-refractivity contribution is 5.79. The summed E-state index contributed by atoms with van der Waals surface area (Å²) in [4.78, 5) is 12.3. The summed E-state index contributed by atoms with van der Waals surface area (Å²) in [5.41, 5.74) is -0.635. The first kappa shape index (κ1) is 13.4. The Morgan fingerprint density at radius 3 is 2.42 bits per heavy atom. The van der Waals surface area contributed by atoms with Gasteiger partial charge in [-0.2, -0.15) is 0 Å². The van der Waals surface area contributed by atoms with Crippen molar-refractivity contribution in [2.45, 2.75) is 69.8 Å². The third kappa shape index (κ3) is 2.96. The first-order valence-electron chi connectivity index (χ1n) is 8.16. The Balaban J connectivity index is 1.50. The maximum atomic E-state index is 12.3. The number of aliphatic hydroxyl groups is 1. The van der Waals surface area contributed by atoms with Crippen LogP contribution < -0.4 is 5.32 Å².